The molecule has 0 radical (unpaired) electrons. The van der Waals surface area contributed by atoms with Crippen LogP contribution in [0.2, 0.25) is 0 Å². The van der Waals surface area contributed by atoms with E-state index in [9.17, 15) is 13.9 Å². The Bertz CT molecular complexity index is 739. The van der Waals surface area contributed by atoms with Gasteiger partial charge in [0.25, 0.3) is 0 Å². The molecule has 9 heteroatoms. The Morgan fingerprint density at radius 2 is 2.04 bits per heavy atom. The number of nitrogens with one attached hydrogen (secondary N) is 2. The SMILES string of the molecule is CCNC(=NCc1cccc(OCC)c1OC(F)F)NCC(O)c1ccco1. The molecule has 7 nitrogen and oxygen atoms in total. The Balaban J connectivity index is 2.11. The number of hydrogen-bond acceptors (Lipinski definition) is 5. The molecule has 1 unspecified atom stereocenters. The van der Waals surface area contributed by atoms with Crippen LogP contribution in [-0.2, 0) is 6.54 Å². The first-order valence-corrected chi connectivity index (χ1v) is 8.98. The van der Waals surface area contributed by atoms with Crippen LogP contribution >= 0.6 is 0 Å². The minimum absolute atomic E-state index is 0.0328. The van der Waals surface area contributed by atoms with Crippen molar-refractivity contribution in [3.63, 3.8) is 0 Å². The molecule has 154 valence electrons. The molecule has 0 aliphatic heterocycles. The van der Waals surface area contributed by atoms with Gasteiger partial charge in [-0.3, -0.25) is 0 Å². The predicted molar refractivity (Wildman–Crippen MR) is 101 cm³/mol. The molecule has 0 bridgehead atoms. The van der Waals surface area contributed by atoms with Gasteiger partial charge in [-0.15, -0.1) is 0 Å². The van der Waals surface area contributed by atoms with E-state index in [1.165, 1.54) is 6.26 Å². The number of guanidine groups is 1. The third-order valence-electron chi connectivity index (χ3n) is 3.65. The van der Waals surface area contributed by atoms with E-state index in [1.54, 1.807) is 37.3 Å². The fourth-order valence-electron chi connectivity index (χ4n) is 2.46. The monoisotopic (exact) mass is 397 g/mol. The maximum atomic E-state index is 12.8. The number of para-hydroxylation sites is 1. The smallest absolute Gasteiger partial charge is 0.387 e. The van der Waals surface area contributed by atoms with Gasteiger partial charge in [0, 0.05) is 12.1 Å². The highest BCUT2D eigenvalue weighted by Crippen LogP contribution is 2.33. The first-order valence-electron chi connectivity index (χ1n) is 8.98. The summed E-state index contributed by atoms with van der Waals surface area (Å²) in [5, 5.41) is 16.1. The molecule has 0 saturated carbocycles. The van der Waals surface area contributed by atoms with Gasteiger partial charge in [0.05, 0.1) is 26.0 Å². The third kappa shape index (κ3) is 6.41. The van der Waals surface area contributed by atoms with Crippen LogP contribution in [0.3, 0.4) is 0 Å². The first kappa shape index (κ1) is 21.5. The normalized spacial score (nSPS) is 12.7. The Morgan fingerprint density at radius 3 is 2.68 bits per heavy atom. The van der Waals surface area contributed by atoms with Gasteiger partial charge in [-0.1, -0.05) is 12.1 Å². The molecule has 3 N–H and O–H groups in total. The molecule has 1 aromatic heterocycles. The van der Waals surface area contributed by atoms with E-state index in [4.69, 9.17) is 9.15 Å². The van der Waals surface area contributed by atoms with Gasteiger partial charge in [0.1, 0.15) is 11.9 Å². The van der Waals surface area contributed by atoms with E-state index in [1.807, 2.05) is 6.92 Å². The van der Waals surface area contributed by atoms with Gasteiger partial charge >= 0.3 is 6.61 Å². The molecule has 0 amide bonds. The number of furan rings is 1. The van der Waals surface area contributed by atoms with Crippen molar-refractivity contribution in [3.05, 3.63) is 47.9 Å². The highest BCUT2D eigenvalue weighted by Gasteiger charge is 2.16. The summed E-state index contributed by atoms with van der Waals surface area (Å²) in [5.74, 6) is 1.05. The average Bonchev–Trinajstić information content (AvgIpc) is 3.20. The number of ether oxygens (including phenoxy) is 2. The third-order valence-corrected chi connectivity index (χ3v) is 3.65. The summed E-state index contributed by atoms with van der Waals surface area (Å²) in [5.41, 5.74) is 0.454. The fraction of sp³-hybridized carbons (Fsp3) is 0.421. The van der Waals surface area contributed by atoms with Crippen LogP contribution in [0.5, 0.6) is 11.5 Å². The number of nitrogens with zero attached hydrogens (tertiary/aromatic N) is 1. The van der Waals surface area contributed by atoms with Crippen molar-refractivity contribution in [1.29, 1.82) is 0 Å². The number of hydrogen-bond donors (Lipinski definition) is 3. The highest BCUT2D eigenvalue weighted by atomic mass is 19.3. The number of benzene rings is 1. The Hall–Kier alpha value is -2.81. The van der Waals surface area contributed by atoms with Crippen LogP contribution < -0.4 is 20.1 Å². The average molecular weight is 397 g/mol. The summed E-state index contributed by atoms with van der Waals surface area (Å²) in [7, 11) is 0. The van der Waals surface area contributed by atoms with Gasteiger partial charge < -0.3 is 29.6 Å². The van der Waals surface area contributed by atoms with Crippen molar-refractivity contribution in [3.8, 4) is 11.5 Å². The maximum Gasteiger partial charge on any atom is 0.387 e. The number of rotatable bonds is 10. The minimum Gasteiger partial charge on any atom is -0.490 e. The molecule has 0 aliphatic carbocycles. The summed E-state index contributed by atoms with van der Waals surface area (Å²) in [6.45, 7) is 1.83. The van der Waals surface area contributed by atoms with Gasteiger partial charge in [-0.25, -0.2) is 4.99 Å². The molecule has 0 spiro atoms. The van der Waals surface area contributed by atoms with E-state index in [-0.39, 0.29) is 24.6 Å². The summed E-state index contributed by atoms with van der Waals surface area (Å²) in [6, 6.07) is 8.26. The van der Waals surface area contributed by atoms with Gasteiger partial charge in [0.2, 0.25) is 0 Å². The molecule has 28 heavy (non-hydrogen) atoms. The zero-order valence-electron chi connectivity index (χ0n) is 15.8. The summed E-state index contributed by atoms with van der Waals surface area (Å²) >= 11 is 0. The van der Waals surface area contributed by atoms with Gasteiger partial charge in [-0.2, -0.15) is 8.78 Å². The largest absolute Gasteiger partial charge is 0.490 e. The lowest BCUT2D eigenvalue weighted by molar-refractivity contribution is -0.0520. The predicted octanol–water partition coefficient (Wildman–Crippen LogP) is 3.07. The number of aliphatic hydroxyl groups excluding tert-OH is 1. The molecule has 0 saturated heterocycles. The molecular weight excluding hydrogens is 372 g/mol. The summed E-state index contributed by atoms with van der Waals surface area (Å²) in [4.78, 5) is 4.38. The zero-order valence-corrected chi connectivity index (χ0v) is 15.8. The lowest BCUT2D eigenvalue weighted by Crippen LogP contribution is -2.39. The van der Waals surface area contributed by atoms with E-state index in [0.717, 1.165) is 0 Å². The molecular formula is C19H25F2N3O4. The first-order chi connectivity index (χ1) is 13.5. The lowest BCUT2D eigenvalue weighted by atomic mass is 10.2. The van der Waals surface area contributed by atoms with Crippen molar-refractivity contribution in [2.24, 2.45) is 4.99 Å². The topological polar surface area (TPSA) is 88.3 Å². The van der Waals surface area contributed by atoms with Crippen LogP contribution in [0.25, 0.3) is 0 Å². The minimum atomic E-state index is -2.97. The van der Waals surface area contributed by atoms with Crippen LogP contribution in [0, 0.1) is 0 Å². The molecule has 2 rings (SSSR count). The number of aliphatic imine (C=N–C) groups is 1. The number of halogens is 2. The molecule has 1 aromatic carbocycles. The number of alkyl halides is 2. The Kier molecular flexibility index (Phi) is 8.54. The molecule has 2 aromatic rings. The second kappa shape index (κ2) is 11.1. The van der Waals surface area contributed by atoms with Crippen molar-refractivity contribution >= 4 is 5.96 Å². The molecule has 0 aliphatic rings. The second-order valence-electron chi connectivity index (χ2n) is 5.66. The molecule has 1 atom stereocenters. The molecule has 1 heterocycles. The van der Waals surface area contributed by atoms with Crippen LogP contribution in [0.1, 0.15) is 31.3 Å². The van der Waals surface area contributed by atoms with Gasteiger partial charge in [0.15, 0.2) is 17.5 Å². The maximum absolute atomic E-state index is 12.8. The van der Waals surface area contributed by atoms with Crippen molar-refractivity contribution in [2.75, 3.05) is 19.7 Å². The highest BCUT2D eigenvalue weighted by molar-refractivity contribution is 5.79. The Morgan fingerprint density at radius 1 is 1.21 bits per heavy atom. The molecule has 0 fully saturated rings. The lowest BCUT2D eigenvalue weighted by Gasteiger charge is -2.16. The summed E-state index contributed by atoms with van der Waals surface area (Å²) < 4.78 is 40.8. The van der Waals surface area contributed by atoms with E-state index in [0.29, 0.717) is 30.4 Å². The van der Waals surface area contributed by atoms with Crippen molar-refractivity contribution < 1.29 is 27.8 Å². The number of aliphatic hydroxyl groups is 1. The Labute approximate surface area is 162 Å². The quantitative estimate of drug-likeness (QED) is 0.422. The standard InChI is InChI=1S/C19H25F2N3O4/c1-3-22-19(24-12-14(25)15-9-6-10-27-15)23-11-13-7-5-8-16(26-4-2)17(13)28-18(20)21/h5-10,14,18,25H,3-4,11-12H2,1-2H3,(H2,22,23,24). The zero-order chi connectivity index (χ0) is 20.4. The van der Waals surface area contributed by atoms with Crippen LogP contribution in [0.4, 0.5) is 8.78 Å². The van der Waals surface area contributed by atoms with Crippen molar-refractivity contribution in [2.45, 2.75) is 33.1 Å². The van der Waals surface area contributed by atoms with E-state index in [2.05, 4.69) is 20.4 Å². The van der Waals surface area contributed by atoms with Crippen LogP contribution in [0.15, 0.2) is 46.0 Å². The van der Waals surface area contributed by atoms with Crippen LogP contribution in [-0.4, -0.2) is 37.4 Å². The summed E-state index contributed by atoms with van der Waals surface area (Å²) in [6.07, 6.45) is 0.631. The van der Waals surface area contributed by atoms with Gasteiger partial charge in [-0.05, 0) is 32.0 Å². The fourth-order valence-corrected chi connectivity index (χ4v) is 2.46. The van der Waals surface area contributed by atoms with E-state index < -0.39 is 12.7 Å². The van der Waals surface area contributed by atoms with E-state index >= 15 is 0 Å². The second-order valence-corrected chi connectivity index (χ2v) is 5.66. The van der Waals surface area contributed by atoms with Crippen molar-refractivity contribution in [1.82, 2.24) is 10.6 Å².